The number of carbonyl (C=O) groups excluding carboxylic acids is 3. The number of para-hydroxylation sites is 1. The van der Waals surface area contributed by atoms with Crippen LogP contribution in [0.2, 0.25) is 0 Å². The van der Waals surface area contributed by atoms with E-state index >= 15 is 0 Å². The zero-order valence-electron chi connectivity index (χ0n) is 21.7. The lowest BCUT2D eigenvalue weighted by Crippen LogP contribution is -2.40. The second-order valence-corrected chi connectivity index (χ2v) is 9.33. The highest BCUT2D eigenvalue weighted by atomic mass is 16.2. The summed E-state index contributed by atoms with van der Waals surface area (Å²) >= 11 is 0. The first kappa shape index (κ1) is 25.5. The molecule has 1 aliphatic heterocycles. The number of rotatable bonds is 7. The minimum absolute atomic E-state index is 0.0935. The molecule has 194 valence electrons. The molecular formula is C32H28N4O3. The van der Waals surface area contributed by atoms with Gasteiger partial charge in [-0.2, -0.15) is 0 Å². The van der Waals surface area contributed by atoms with E-state index in [4.69, 9.17) is 0 Å². The van der Waals surface area contributed by atoms with Crippen molar-refractivity contribution < 1.29 is 14.4 Å². The summed E-state index contributed by atoms with van der Waals surface area (Å²) in [5.41, 5.74) is 5.49. The van der Waals surface area contributed by atoms with Crippen LogP contribution in [0.3, 0.4) is 0 Å². The largest absolute Gasteiger partial charge is 0.354 e. The molecule has 0 unspecified atom stereocenters. The Morgan fingerprint density at radius 3 is 1.97 bits per heavy atom. The van der Waals surface area contributed by atoms with Crippen molar-refractivity contribution in [2.45, 2.75) is 0 Å². The van der Waals surface area contributed by atoms with Crippen LogP contribution in [0, 0.1) is 0 Å². The first-order chi connectivity index (χ1) is 18.9. The highest BCUT2D eigenvalue weighted by Gasteiger charge is 2.28. The number of hydrogen-bond acceptors (Lipinski definition) is 4. The molecule has 0 saturated heterocycles. The Hall–Kier alpha value is -5.17. The minimum atomic E-state index is -0.266. The van der Waals surface area contributed by atoms with Gasteiger partial charge in [0.2, 0.25) is 5.91 Å². The van der Waals surface area contributed by atoms with E-state index in [-0.39, 0.29) is 24.3 Å². The van der Waals surface area contributed by atoms with Crippen LogP contribution < -0.4 is 15.5 Å². The number of anilines is 3. The van der Waals surface area contributed by atoms with E-state index in [1.165, 1.54) is 9.80 Å². The summed E-state index contributed by atoms with van der Waals surface area (Å²) in [5, 5.41) is 6.38. The van der Waals surface area contributed by atoms with E-state index < -0.39 is 0 Å². The van der Waals surface area contributed by atoms with Crippen molar-refractivity contribution in [3.8, 4) is 0 Å². The Morgan fingerprint density at radius 2 is 1.33 bits per heavy atom. The molecule has 0 atom stereocenters. The fourth-order valence-corrected chi connectivity index (χ4v) is 4.41. The number of nitrogens with zero attached hydrogens (tertiary/aromatic N) is 2. The Balaban J connectivity index is 1.50. The number of hydrogen-bond donors (Lipinski definition) is 2. The Labute approximate surface area is 227 Å². The van der Waals surface area contributed by atoms with Gasteiger partial charge in [0.05, 0.1) is 11.3 Å². The second-order valence-electron chi connectivity index (χ2n) is 9.33. The first-order valence-electron chi connectivity index (χ1n) is 12.6. The smallest absolute Gasteiger partial charge is 0.258 e. The zero-order valence-corrected chi connectivity index (χ0v) is 21.7. The van der Waals surface area contributed by atoms with E-state index in [1.807, 2.05) is 72.8 Å². The number of likely N-dealkylation sites (N-methyl/N-ethyl adjacent to an activating group) is 1. The molecule has 0 aromatic heterocycles. The van der Waals surface area contributed by atoms with Crippen LogP contribution in [-0.4, -0.2) is 43.3 Å². The van der Waals surface area contributed by atoms with Gasteiger partial charge in [0.25, 0.3) is 11.8 Å². The van der Waals surface area contributed by atoms with Gasteiger partial charge in [-0.1, -0.05) is 66.7 Å². The molecule has 2 N–H and O–H groups in total. The quantitative estimate of drug-likeness (QED) is 0.324. The molecule has 1 aliphatic rings. The van der Waals surface area contributed by atoms with Crippen LogP contribution in [-0.2, 0) is 9.59 Å². The van der Waals surface area contributed by atoms with Gasteiger partial charge in [0, 0.05) is 42.3 Å². The van der Waals surface area contributed by atoms with Gasteiger partial charge in [-0.15, -0.1) is 0 Å². The third-order valence-corrected chi connectivity index (χ3v) is 6.49. The number of amides is 3. The van der Waals surface area contributed by atoms with Crippen LogP contribution in [0.25, 0.3) is 11.3 Å². The lowest BCUT2D eigenvalue weighted by molar-refractivity contribution is -0.127. The molecule has 5 rings (SSSR count). The van der Waals surface area contributed by atoms with E-state index in [9.17, 15) is 14.4 Å². The molecule has 0 bridgehead atoms. The van der Waals surface area contributed by atoms with Crippen LogP contribution in [0.4, 0.5) is 17.1 Å². The molecular weight excluding hydrogens is 488 g/mol. The van der Waals surface area contributed by atoms with Gasteiger partial charge < -0.3 is 15.5 Å². The Bertz CT molecular complexity index is 1550. The van der Waals surface area contributed by atoms with Gasteiger partial charge in [-0.25, -0.2) is 0 Å². The fraction of sp³-hybridized carbons (Fsp3) is 0.0938. The third-order valence-electron chi connectivity index (χ3n) is 6.49. The third kappa shape index (κ3) is 5.43. The van der Waals surface area contributed by atoms with Gasteiger partial charge >= 0.3 is 0 Å². The van der Waals surface area contributed by atoms with Gasteiger partial charge in [0.15, 0.2) is 0 Å². The minimum Gasteiger partial charge on any atom is -0.354 e. The van der Waals surface area contributed by atoms with Gasteiger partial charge in [0.1, 0.15) is 6.54 Å². The van der Waals surface area contributed by atoms with Crippen LogP contribution >= 0.6 is 0 Å². The van der Waals surface area contributed by atoms with Crippen LogP contribution in [0.15, 0.2) is 109 Å². The standard InChI is InChI=1S/C32H28N4O3/c1-35(2)28(37)21-36(32(39)23-13-7-4-8-14-23)25-19-17-24(18-20-25)33-30(22-11-5-3-6-12-22)29-26-15-9-10-16-27(26)34-31(29)38/h3-20,33H,21H2,1-2H3,(H,34,38). The maximum Gasteiger partial charge on any atom is 0.258 e. The highest BCUT2D eigenvalue weighted by Crippen LogP contribution is 2.37. The van der Waals surface area contributed by atoms with Gasteiger partial charge in [-0.05, 0) is 48.0 Å². The van der Waals surface area contributed by atoms with E-state index in [0.717, 1.165) is 22.5 Å². The topological polar surface area (TPSA) is 81.8 Å². The molecule has 0 fully saturated rings. The summed E-state index contributed by atoms with van der Waals surface area (Å²) in [6.45, 7) is -0.0935. The summed E-state index contributed by atoms with van der Waals surface area (Å²) in [5.74, 6) is -0.637. The summed E-state index contributed by atoms with van der Waals surface area (Å²) in [6.07, 6.45) is 0. The Morgan fingerprint density at radius 1 is 0.744 bits per heavy atom. The number of benzene rings is 4. The molecule has 0 radical (unpaired) electrons. The number of nitrogens with one attached hydrogen (secondary N) is 2. The average molecular weight is 517 g/mol. The van der Waals surface area contributed by atoms with Crippen molar-refractivity contribution >= 4 is 46.1 Å². The number of carbonyl (C=O) groups is 3. The van der Waals surface area contributed by atoms with Crippen molar-refractivity contribution in [2.24, 2.45) is 0 Å². The van der Waals surface area contributed by atoms with Crippen molar-refractivity contribution in [2.75, 3.05) is 36.2 Å². The molecule has 3 amide bonds. The van der Waals surface area contributed by atoms with Crippen molar-refractivity contribution in [3.63, 3.8) is 0 Å². The van der Waals surface area contributed by atoms with Crippen molar-refractivity contribution in [1.82, 2.24) is 4.90 Å². The predicted molar refractivity (Wildman–Crippen MR) is 155 cm³/mol. The maximum absolute atomic E-state index is 13.4. The second kappa shape index (κ2) is 11.1. The summed E-state index contributed by atoms with van der Waals surface area (Å²) < 4.78 is 0. The van der Waals surface area contributed by atoms with Crippen molar-refractivity contribution in [3.05, 3.63) is 126 Å². The molecule has 7 nitrogen and oxygen atoms in total. The molecule has 0 spiro atoms. The van der Waals surface area contributed by atoms with Gasteiger partial charge in [-0.3, -0.25) is 19.3 Å². The monoisotopic (exact) mass is 516 g/mol. The molecule has 4 aromatic carbocycles. The van der Waals surface area contributed by atoms with Crippen molar-refractivity contribution in [1.29, 1.82) is 0 Å². The van der Waals surface area contributed by atoms with Crippen LogP contribution in [0.1, 0.15) is 21.5 Å². The lowest BCUT2D eigenvalue weighted by atomic mass is 10.00. The normalized spacial score (nSPS) is 13.2. The summed E-state index contributed by atoms with van der Waals surface area (Å²) in [6, 6.07) is 33.4. The van der Waals surface area contributed by atoms with E-state index in [1.54, 1.807) is 50.5 Å². The Kier molecular flexibility index (Phi) is 7.23. The molecule has 39 heavy (non-hydrogen) atoms. The SMILES string of the molecule is CN(C)C(=O)CN(C(=O)c1ccccc1)c1ccc(NC(=C2C(=O)Nc3ccccc32)c2ccccc2)cc1. The zero-order chi connectivity index (χ0) is 27.4. The maximum atomic E-state index is 13.4. The number of fused-ring (bicyclic) bond motifs is 1. The molecule has 1 heterocycles. The van der Waals surface area contributed by atoms with E-state index in [2.05, 4.69) is 10.6 Å². The van der Waals surface area contributed by atoms with Crippen LogP contribution in [0.5, 0.6) is 0 Å². The highest BCUT2D eigenvalue weighted by molar-refractivity contribution is 6.37. The van der Waals surface area contributed by atoms with E-state index in [0.29, 0.717) is 22.5 Å². The molecule has 7 heteroatoms. The summed E-state index contributed by atoms with van der Waals surface area (Å²) in [4.78, 5) is 41.9. The average Bonchev–Trinajstić information content (AvgIpc) is 3.30. The fourth-order valence-electron chi connectivity index (χ4n) is 4.41. The molecule has 0 aliphatic carbocycles. The first-order valence-corrected chi connectivity index (χ1v) is 12.6. The molecule has 0 saturated carbocycles. The lowest BCUT2D eigenvalue weighted by Gasteiger charge is -2.24. The summed E-state index contributed by atoms with van der Waals surface area (Å²) in [7, 11) is 3.33. The molecule has 4 aromatic rings. The predicted octanol–water partition coefficient (Wildman–Crippen LogP) is 5.35.